The molecule has 18 heavy (non-hydrogen) atoms. The number of rotatable bonds is 6. The lowest BCUT2D eigenvalue weighted by molar-refractivity contribution is 0.288. The average Bonchev–Trinajstić information content (AvgIpc) is 2.40. The Kier molecular flexibility index (Phi) is 5.30. The summed E-state index contributed by atoms with van der Waals surface area (Å²) in [5.41, 5.74) is 1.31. The Morgan fingerprint density at radius 1 is 1.17 bits per heavy atom. The van der Waals surface area contributed by atoms with E-state index in [0.717, 1.165) is 24.8 Å². The van der Waals surface area contributed by atoms with Gasteiger partial charge in [-0.2, -0.15) is 5.26 Å². The van der Waals surface area contributed by atoms with Crippen molar-refractivity contribution in [3.8, 4) is 6.07 Å². The van der Waals surface area contributed by atoms with Gasteiger partial charge in [-0.25, -0.2) is 4.39 Å². The van der Waals surface area contributed by atoms with E-state index in [1.54, 1.807) is 6.07 Å². The van der Waals surface area contributed by atoms with Crippen LogP contribution in [0.3, 0.4) is 0 Å². The first-order valence-corrected chi connectivity index (χ1v) is 6.53. The second-order valence-corrected chi connectivity index (χ2v) is 4.65. The van der Waals surface area contributed by atoms with E-state index in [-0.39, 0.29) is 11.4 Å². The molecule has 98 valence electrons. The van der Waals surface area contributed by atoms with Crippen molar-refractivity contribution in [2.24, 2.45) is 0 Å². The van der Waals surface area contributed by atoms with Crippen LogP contribution in [0.25, 0.3) is 0 Å². The lowest BCUT2D eigenvalue weighted by Crippen LogP contribution is -2.43. The van der Waals surface area contributed by atoms with E-state index in [9.17, 15) is 4.39 Å². The zero-order valence-corrected chi connectivity index (χ0v) is 11.4. The summed E-state index contributed by atoms with van der Waals surface area (Å²) in [4.78, 5) is 0. The molecule has 0 saturated heterocycles. The molecule has 1 aromatic carbocycles. The zero-order valence-electron chi connectivity index (χ0n) is 11.4. The SMILES string of the molecule is CCC(CC)(CC)NCc1cc(F)cc(C#N)c1. The molecule has 0 spiro atoms. The molecule has 1 aromatic rings. The van der Waals surface area contributed by atoms with Gasteiger partial charge >= 0.3 is 0 Å². The number of nitrogens with zero attached hydrogens (tertiary/aromatic N) is 1. The summed E-state index contributed by atoms with van der Waals surface area (Å²) >= 11 is 0. The minimum atomic E-state index is -0.346. The highest BCUT2D eigenvalue weighted by atomic mass is 19.1. The first-order chi connectivity index (χ1) is 8.59. The third-order valence-electron chi connectivity index (χ3n) is 3.78. The number of hydrogen-bond acceptors (Lipinski definition) is 2. The third-order valence-corrected chi connectivity index (χ3v) is 3.78. The molecular weight excluding hydrogens is 227 g/mol. The van der Waals surface area contributed by atoms with Gasteiger partial charge in [-0.1, -0.05) is 20.8 Å². The fourth-order valence-corrected chi connectivity index (χ4v) is 2.23. The maximum Gasteiger partial charge on any atom is 0.124 e. The molecule has 0 aliphatic carbocycles. The highest BCUT2D eigenvalue weighted by Gasteiger charge is 2.22. The number of hydrogen-bond donors (Lipinski definition) is 1. The standard InChI is InChI=1S/C15H21FN2/c1-4-15(5-2,6-3)18-11-13-7-12(10-17)8-14(16)9-13/h7-9,18H,4-6,11H2,1-3H3. The fourth-order valence-electron chi connectivity index (χ4n) is 2.23. The van der Waals surface area contributed by atoms with Gasteiger partial charge in [0.2, 0.25) is 0 Å². The van der Waals surface area contributed by atoms with Crippen molar-refractivity contribution in [2.45, 2.75) is 52.1 Å². The van der Waals surface area contributed by atoms with Crippen molar-refractivity contribution in [3.63, 3.8) is 0 Å². The van der Waals surface area contributed by atoms with E-state index in [1.807, 2.05) is 6.07 Å². The Balaban J connectivity index is 2.80. The predicted molar refractivity (Wildman–Crippen MR) is 71.6 cm³/mol. The van der Waals surface area contributed by atoms with Crippen LogP contribution in [0.1, 0.15) is 51.2 Å². The zero-order chi connectivity index (χ0) is 13.6. The normalized spacial score (nSPS) is 11.3. The molecule has 0 aromatic heterocycles. The predicted octanol–water partition coefficient (Wildman–Crippen LogP) is 3.76. The molecule has 0 heterocycles. The van der Waals surface area contributed by atoms with Crippen LogP contribution in [0.5, 0.6) is 0 Å². The molecule has 0 fully saturated rings. The van der Waals surface area contributed by atoms with E-state index in [1.165, 1.54) is 12.1 Å². The van der Waals surface area contributed by atoms with Crippen molar-refractivity contribution in [1.29, 1.82) is 5.26 Å². The van der Waals surface area contributed by atoms with Crippen LogP contribution in [0, 0.1) is 17.1 Å². The first kappa shape index (κ1) is 14.7. The Hall–Kier alpha value is -1.40. The first-order valence-electron chi connectivity index (χ1n) is 6.53. The van der Waals surface area contributed by atoms with Gasteiger partial charge in [-0.3, -0.25) is 0 Å². The third kappa shape index (κ3) is 3.54. The molecule has 0 atom stereocenters. The number of halogens is 1. The van der Waals surface area contributed by atoms with Crippen LogP contribution in [0.15, 0.2) is 18.2 Å². The highest BCUT2D eigenvalue weighted by molar-refractivity contribution is 5.33. The summed E-state index contributed by atoms with van der Waals surface area (Å²) < 4.78 is 13.3. The monoisotopic (exact) mass is 248 g/mol. The number of nitriles is 1. The molecule has 2 nitrogen and oxygen atoms in total. The van der Waals surface area contributed by atoms with Gasteiger partial charge < -0.3 is 5.32 Å². The van der Waals surface area contributed by atoms with Gasteiger partial charge in [0.25, 0.3) is 0 Å². The molecule has 1 rings (SSSR count). The fraction of sp³-hybridized carbons (Fsp3) is 0.533. The summed E-state index contributed by atoms with van der Waals surface area (Å²) in [5, 5.41) is 12.3. The van der Waals surface area contributed by atoms with Gasteiger partial charge in [0.15, 0.2) is 0 Å². The van der Waals surface area contributed by atoms with Gasteiger partial charge in [-0.05, 0) is 43.0 Å². The van der Waals surface area contributed by atoms with E-state index in [0.29, 0.717) is 12.1 Å². The van der Waals surface area contributed by atoms with E-state index in [4.69, 9.17) is 5.26 Å². The maximum absolute atomic E-state index is 13.3. The van der Waals surface area contributed by atoms with Crippen LogP contribution < -0.4 is 5.32 Å². The van der Waals surface area contributed by atoms with Crippen LogP contribution in [0.2, 0.25) is 0 Å². The van der Waals surface area contributed by atoms with Crippen molar-refractivity contribution in [3.05, 3.63) is 35.1 Å². The van der Waals surface area contributed by atoms with E-state index >= 15 is 0 Å². The molecule has 0 saturated carbocycles. The van der Waals surface area contributed by atoms with Gasteiger partial charge in [-0.15, -0.1) is 0 Å². The van der Waals surface area contributed by atoms with E-state index in [2.05, 4.69) is 26.1 Å². The lowest BCUT2D eigenvalue weighted by atomic mass is 9.89. The molecule has 0 bridgehead atoms. The van der Waals surface area contributed by atoms with Crippen molar-refractivity contribution >= 4 is 0 Å². The van der Waals surface area contributed by atoms with Crippen molar-refractivity contribution < 1.29 is 4.39 Å². The second-order valence-electron chi connectivity index (χ2n) is 4.65. The minimum Gasteiger partial charge on any atom is -0.307 e. The molecule has 3 heteroatoms. The lowest BCUT2D eigenvalue weighted by Gasteiger charge is -2.32. The van der Waals surface area contributed by atoms with Gasteiger partial charge in [0.1, 0.15) is 5.82 Å². The Morgan fingerprint density at radius 3 is 2.28 bits per heavy atom. The van der Waals surface area contributed by atoms with Crippen LogP contribution in [0.4, 0.5) is 4.39 Å². The minimum absolute atomic E-state index is 0.110. The molecule has 0 aliphatic heterocycles. The molecular formula is C15H21FN2. The topological polar surface area (TPSA) is 35.8 Å². The van der Waals surface area contributed by atoms with Crippen LogP contribution in [-0.4, -0.2) is 5.54 Å². The molecule has 1 N–H and O–H groups in total. The number of nitrogens with one attached hydrogen (secondary N) is 1. The Bertz CT molecular complexity index is 422. The van der Waals surface area contributed by atoms with Crippen molar-refractivity contribution in [2.75, 3.05) is 0 Å². The average molecular weight is 248 g/mol. The van der Waals surface area contributed by atoms with Gasteiger partial charge in [0.05, 0.1) is 11.6 Å². The maximum atomic E-state index is 13.3. The molecule has 0 aliphatic rings. The summed E-state index contributed by atoms with van der Waals surface area (Å²) in [6.07, 6.45) is 3.13. The van der Waals surface area contributed by atoms with Crippen molar-refractivity contribution in [1.82, 2.24) is 5.32 Å². The molecule has 0 unspecified atom stereocenters. The number of benzene rings is 1. The molecule has 0 radical (unpaired) electrons. The quantitative estimate of drug-likeness (QED) is 0.832. The largest absolute Gasteiger partial charge is 0.307 e. The smallest absolute Gasteiger partial charge is 0.124 e. The Labute approximate surface area is 109 Å². The summed E-state index contributed by atoms with van der Waals surface area (Å²) in [6, 6.07) is 6.46. The summed E-state index contributed by atoms with van der Waals surface area (Å²) in [7, 11) is 0. The van der Waals surface area contributed by atoms with Crippen LogP contribution in [-0.2, 0) is 6.54 Å². The second kappa shape index (κ2) is 6.51. The Morgan fingerprint density at radius 2 is 1.78 bits per heavy atom. The van der Waals surface area contributed by atoms with Crippen LogP contribution >= 0.6 is 0 Å². The molecule has 0 amide bonds. The highest BCUT2D eigenvalue weighted by Crippen LogP contribution is 2.20. The summed E-state index contributed by atoms with van der Waals surface area (Å²) in [6.45, 7) is 7.08. The van der Waals surface area contributed by atoms with E-state index < -0.39 is 0 Å². The van der Waals surface area contributed by atoms with Gasteiger partial charge in [0, 0.05) is 12.1 Å². The summed E-state index contributed by atoms with van der Waals surface area (Å²) in [5.74, 6) is -0.346.